The Labute approximate surface area is 245 Å². The van der Waals surface area contributed by atoms with Crippen LogP contribution in [0, 0.1) is 0 Å². The molecule has 0 spiro atoms. The van der Waals surface area contributed by atoms with Gasteiger partial charge in [-0.15, -0.1) is 0 Å². The van der Waals surface area contributed by atoms with Gasteiger partial charge in [0, 0.05) is 16.4 Å². The van der Waals surface area contributed by atoms with Gasteiger partial charge in [0.25, 0.3) is 0 Å². The summed E-state index contributed by atoms with van der Waals surface area (Å²) in [7, 11) is 0. The highest BCUT2D eigenvalue weighted by Gasteiger charge is 2.38. The molecule has 1 aromatic carbocycles. The first-order chi connectivity index (χ1) is 19.0. The number of carbonyl (C=O) groups excluding carboxylic acids is 4. The number of halogens is 1. The third-order valence-corrected chi connectivity index (χ3v) is 5.62. The Bertz CT molecular complexity index is 1140. The lowest BCUT2D eigenvalue weighted by molar-refractivity contribution is -0.140. The fourth-order valence-corrected chi connectivity index (χ4v) is 4.13. The molecule has 0 fully saturated rings. The molecule has 0 unspecified atom stereocenters. The Morgan fingerprint density at radius 2 is 1.24 bits per heavy atom. The zero-order valence-electron chi connectivity index (χ0n) is 24.9. The van der Waals surface area contributed by atoms with Crippen LogP contribution in [-0.2, 0) is 28.5 Å². The predicted octanol–water partition coefficient (Wildman–Crippen LogP) is 4.71. The number of benzene rings is 1. The summed E-state index contributed by atoms with van der Waals surface area (Å²) in [5.74, 6) is -2.22. The molecule has 11 nitrogen and oxygen atoms in total. The van der Waals surface area contributed by atoms with Gasteiger partial charge < -0.3 is 34.9 Å². The van der Waals surface area contributed by atoms with Crippen molar-refractivity contribution in [2.45, 2.75) is 72.5 Å². The minimum atomic E-state index is -0.854. The van der Waals surface area contributed by atoms with Gasteiger partial charge in [-0.1, -0.05) is 23.7 Å². The van der Waals surface area contributed by atoms with Gasteiger partial charge in [0.2, 0.25) is 0 Å². The number of nitrogens with one attached hydrogen (secondary N) is 3. The van der Waals surface area contributed by atoms with Crippen LogP contribution in [-0.4, -0.2) is 61.6 Å². The largest absolute Gasteiger partial charge is 0.460 e. The molecule has 1 heterocycles. The van der Waals surface area contributed by atoms with E-state index in [1.54, 1.807) is 79.7 Å². The highest BCUT2D eigenvalue weighted by molar-refractivity contribution is 6.30. The summed E-state index contributed by atoms with van der Waals surface area (Å²) < 4.78 is 21.3. The van der Waals surface area contributed by atoms with Crippen molar-refractivity contribution in [3.05, 3.63) is 57.4 Å². The maximum absolute atomic E-state index is 13.3. The third kappa shape index (κ3) is 11.0. The van der Waals surface area contributed by atoms with Crippen LogP contribution in [0.5, 0.6) is 0 Å². The Kier molecular flexibility index (Phi) is 11.6. The fourth-order valence-electron chi connectivity index (χ4n) is 3.93. The highest BCUT2D eigenvalue weighted by Crippen LogP contribution is 2.39. The molecule has 12 heteroatoms. The Morgan fingerprint density at radius 1 is 0.805 bits per heavy atom. The SMILES string of the molecule is CC1=C(C(=O)OCCNC(=O)OC(C)(C)C)C(c2cccc(Cl)c2)C(C(=O)OCCNC(=O)OC(C)(C)C)=C(C)N1. The topological polar surface area (TPSA) is 141 Å². The summed E-state index contributed by atoms with van der Waals surface area (Å²) in [5.41, 5.74) is 0.600. The molecule has 0 atom stereocenters. The summed E-state index contributed by atoms with van der Waals surface area (Å²) in [6, 6.07) is 6.80. The van der Waals surface area contributed by atoms with Gasteiger partial charge in [-0.25, -0.2) is 19.2 Å². The number of amides is 2. The van der Waals surface area contributed by atoms with Crippen LogP contribution in [0.25, 0.3) is 0 Å². The number of carbonyl (C=O) groups is 4. The molecule has 3 N–H and O–H groups in total. The number of dihydropyridines is 1. The normalized spacial score (nSPS) is 14.2. The lowest BCUT2D eigenvalue weighted by atomic mass is 9.80. The second-order valence-corrected chi connectivity index (χ2v) is 11.8. The van der Waals surface area contributed by atoms with E-state index in [1.165, 1.54) is 0 Å². The van der Waals surface area contributed by atoms with Gasteiger partial charge in [0.15, 0.2) is 0 Å². The first kappa shape index (κ1) is 33.5. The van der Waals surface area contributed by atoms with Gasteiger partial charge >= 0.3 is 24.1 Å². The van der Waals surface area contributed by atoms with E-state index in [2.05, 4.69) is 16.0 Å². The molecule has 41 heavy (non-hydrogen) atoms. The summed E-state index contributed by atoms with van der Waals surface area (Å²) in [4.78, 5) is 50.5. The number of rotatable bonds is 9. The lowest BCUT2D eigenvalue weighted by Gasteiger charge is -2.30. The number of esters is 2. The Hall–Kier alpha value is -3.73. The number of ether oxygens (including phenoxy) is 4. The molecule has 1 aromatic rings. The fraction of sp³-hybridized carbons (Fsp3) is 0.517. The molecule has 0 aliphatic carbocycles. The summed E-state index contributed by atoms with van der Waals surface area (Å²) >= 11 is 6.26. The van der Waals surface area contributed by atoms with Crippen LogP contribution < -0.4 is 16.0 Å². The third-order valence-electron chi connectivity index (χ3n) is 5.39. The van der Waals surface area contributed by atoms with Gasteiger partial charge in [0.05, 0.1) is 30.2 Å². The summed E-state index contributed by atoms with van der Waals surface area (Å²) in [6.45, 7) is 13.6. The van der Waals surface area contributed by atoms with Crippen molar-refractivity contribution >= 4 is 35.7 Å². The van der Waals surface area contributed by atoms with E-state index in [-0.39, 0.29) is 37.4 Å². The number of alkyl carbamates (subject to hydrolysis) is 2. The van der Waals surface area contributed by atoms with Gasteiger partial charge in [-0.3, -0.25) is 0 Å². The van der Waals surface area contributed by atoms with E-state index in [4.69, 9.17) is 30.5 Å². The smallest absolute Gasteiger partial charge is 0.407 e. The molecule has 0 aromatic heterocycles. The zero-order valence-corrected chi connectivity index (χ0v) is 25.6. The molecule has 2 amide bonds. The van der Waals surface area contributed by atoms with Crippen LogP contribution in [0.3, 0.4) is 0 Å². The van der Waals surface area contributed by atoms with Crippen LogP contribution in [0.1, 0.15) is 66.9 Å². The monoisotopic (exact) mass is 593 g/mol. The number of allylic oxidation sites excluding steroid dienone is 2. The molecule has 0 bridgehead atoms. The molecule has 226 valence electrons. The molecule has 1 aliphatic heterocycles. The molecule has 0 saturated carbocycles. The van der Waals surface area contributed by atoms with E-state index in [0.29, 0.717) is 22.0 Å². The molecular weight excluding hydrogens is 554 g/mol. The quantitative estimate of drug-likeness (QED) is 0.211. The lowest BCUT2D eigenvalue weighted by Crippen LogP contribution is -2.36. The summed E-state index contributed by atoms with van der Waals surface area (Å²) in [6.07, 6.45) is -1.27. The predicted molar refractivity (Wildman–Crippen MR) is 153 cm³/mol. The molecular formula is C29H40ClN3O8. The molecule has 1 aliphatic rings. The number of hydrogen-bond donors (Lipinski definition) is 3. The van der Waals surface area contributed by atoms with Crippen molar-refractivity contribution < 1.29 is 38.1 Å². The Morgan fingerprint density at radius 3 is 1.63 bits per heavy atom. The van der Waals surface area contributed by atoms with E-state index in [0.717, 1.165) is 0 Å². The van der Waals surface area contributed by atoms with Crippen molar-refractivity contribution in [1.29, 1.82) is 0 Å². The van der Waals surface area contributed by atoms with E-state index < -0.39 is 41.2 Å². The van der Waals surface area contributed by atoms with Crippen LogP contribution in [0.15, 0.2) is 46.8 Å². The minimum absolute atomic E-state index is 0.0245. The van der Waals surface area contributed by atoms with Crippen molar-refractivity contribution in [2.24, 2.45) is 0 Å². The van der Waals surface area contributed by atoms with Gasteiger partial charge in [-0.05, 0) is 73.1 Å². The highest BCUT2D eigenvalue weighted by atomic mass is 35.5. The standard InChI is InChI=1S/C29H40ClN3O8/c1-17-21(24(34)38-14-12-31-26(36)40-28(3,4)5)23(19-10-9-11-20(30)16-19)22(18(2)33-17)25(35)39-15-13-32-27(37)41-29(6,7)8/h9-11,16,23,33H,12-15H2,1-8H3,(H,31,36)(H,32,37). The molecule has 0 radical (unpaired) electrons. The van der Waals surface area contributed by atoms with E-state index in [9.17, 15) is 19.2 Å². The second-order valence-electron chi connectivity index (χ2n) is 11.3. The maximum Gasteiger partial charge on any atom is 0.407 e. The minimum Gasteiger partial charge on any atom is -0.460 e. The van der Waals surface area contributed by atoms with Crippen LogP contribution >= 0.6 is 11.6 Å². The van der Waals surface area contributed by atoms with Crippen LogP contribution in [0.4, 0.5) is 9.59 Å². The van der Waals surface area contributed by atoms with Crippen molar-refractivity contribution in [3.8, 4) is 0 Å². The first-order valence-corrected chi connectivity index (χ1v) is 13.6. The first-order valence-electron chi connectivity index (χ1n) is 13.2. The molecule has 2 rings (SSSR count). The molecule has 0 saturated heterocycles. The van der Waals surface area contributed by atoms with Gasteiger partial charge in [0.1, 0.15) is 24.4 Å². The average Bonchev–Trinajstić information content (AvgIpc) is 2.81. The van der Waals surface area contributed by atoms with E-state index in [1.807, 2.05) is 0 Å². The number of hydrogen-bond acceptors (Lipinski definition) is 9. The van der Waals surface area contributed by atoms with Crippen molar-refractivity contribution in [2.75, 3.05) is 26.3 Å². The van der Waals surface area contributed by atoms with Gasteiger partial charge in [-0.2, -0.15) is 0 Å². The van der Waals surface area contributed by atoms with Crippen molar-refractivity contribution in [1.82, 2.24) is 16.0 Å². The Balaban J connectivity index is 2.18. The summed E-state index contributed by atoms with van der Waals surface area (Å²) in [5, 5.41) is 8.55. The second kappa shape index (κ2) is 14.2. The van der Waals surface area contributed by atoms with Crippen LogP contribution in [0.2, 0.25) is 5.02 Å². The van der Waals surface area contributed by atoms with E-state index >= 15 is 0 Å². The maximum atomic E-state index is 13.3. The average molecular weight is 594 g/mol. The zero-order chi connectivity index (χ0) is 31.0. The van der Waals surface area contributed by atoms with Crippen molar-refractivity contribution in [3.63, 3.8) is 0 Å².